The van der Waals surface area contributed by atoms with E-state index >= 15 is 0 Å². The van der Waals surface area contributed by atoms with Crippen LogP contribution in [-0.4, -0.2) is 48.9 Å². The zero-order chi connectivity index (χ0) is 21.1. The summed E-state index contributed by atoms with van der Waals surface area (Å²) in [5.74, 6) is -0.268. The van der Waals surface area contributed by atoms with Gasteiger partial charge in [0.05, 0.1) is 7.11 Å². The van der Waals surface area contributed by atoms with Gasteiger partial charge < -0.3 is 9.47 Å². The number of amides is 4. The average Bonchev–Trinajstić information content (AvgIpc) is 2.72. The molecule has 7 nitrogen and oxygen atoms in total. The highest BCUT2D eigenvalue weighted by molar-refractivity contribution is 6.30. The van der Waals surface area contributed by atoms with Gasteiger partial charge in [-0.05, 0) is 36.3 Å². The molecule has 2 aromatic rings. The van der Waals surface area contributed by atoms with Crippen LogP contribution >= 0.6 is 0 Å². The monoisotopic (exact) mass is 394 g/mol. The summed E-state index contributed by atoms with van der Waals surface area (Å²) in [5, 5.41) is 0. The quantitative estimate of drug-likeness (QED) is 0.576. The molecule has 0 bridgehead atoms. The average molecular weight is 394 g/mol. The van der Waals surface area contributed by atoms with Crippen LogP contribution in [0.3, 0.4) is 0 Å². The largest absolute Gasteiger partial charge is 0.493 e. The number of barbiturate groups is 1. The first kappa shape index (κ1) is 20.1. The van der Waals surface area contributed by atoms with Crippen LogP contribution in [-0.2, 0) is 16.2 Å². The molecule has 0 N–H and O–H groups in total. The van der Waals surface area contributed by atoms with Crippen molar-refractivity contribution in [2.24, 2.45) is 0 Å². The lowest BCUT2D eigenvalue weighted by atomic mass is 10.1. The van der Waals surface area contributed by atoms with E-state index in [1.54, 1.807) is 18.2 Å². The van der Waals surface area contributed by atoms with E-state index in [1.165, 1.54) is 27.3 Å². The Morgan fingerprint density at radius 3 is 2.24 bits per heavy atom. The molecule has 7 heteroatoms. The number of aryl methyl sites for hydroxylation is 1. The molecule has 0 spiro atoms. The SMILES string of the molecule is COc1cc(C=C2C(=O)N(C)C(=O)N(C)C2=O)ccc1OCc1cccc(C)c1. The smallest absolute Gasteiger partial charge is 0.333 e. The molecule has 4 amide bonds. The van der Waals surface area contributed by atoms with Gasteiger partial charge in [0.1, 0.15) is 12.2 Å². The van der Waals surface area contributed by atoms with Gasteiger partial charge >= 0.3 is 6.03 Å². The number of rotatable bonds is 5. The molecule has 0 aliphatic carbocycles. The summed E-state index contributed by atoms with van der Waals surface area (Å²) in [6.07, 6.45) is 1.44. The summed E-state index contributed by atoms with van der Waals surface area (Å²) in [6, 6.07) is 12.5. The van der Waals surface area contributed by atoms with Gasteiger partial charge in [-0.1, -0.05) is 35.9 Å². The van der Waals surface area contributed by atoms with Crippen molar-refractivity contribution in [2.75, 3.05) is 21.2 Å². The third-order valence-corrected chi connectivity index (χ3v) is 4.62. The van der Waals surface area contributed by atoms with Crippen molar-refractivity contribution in [3.05, 3.63) is 64.7 Å². The summed E-state index contributed by atoms with van der Waals surface area (Å²) < 4.78 is 11.3. The normalized spacial score (nSPS) is 14.3. The highest BCUT2D eigenvalue weighted by Gasteiger charge is 2.37. The molecule has 1 aliphatic rings. The number of likely N-dealkylation sites (N-methyl/N-ethyl adjacent to an activating group) is 2. The van der Waals surface area contributed by atoms with Crippen molar-refractivity contribution < 1.29 is 23.9 Å². The highest BCUT2D eigenvalue weighted by atomic mass is 16.5. The van der Waals surface area contributed by atoms with Crippen LogP contribution in [0.15, 0.2) is 48.0 Å². The molecule has 1 heterocycles. The third kappa shape index (κ3) is 4.13. The molecule has 1 fully saturated rings. The van der Waals surface area contributed by atoms with Crippen molar-refractivity contribution in [2.45, 2.75) is 13.5 Å². The second-order valence-corrected chi connectivity index (χ2v) is 6.76. The second kappa shape index (κ2) is 8.18. The number of urea groups is 1. The number of hydrogen-bond acceptors (Lipinski definition) is 5. The van der Waals surface area contributed by atoms with Crippen LogP contribution in [0.2, 0.25) is 0 Å². The number of carbonyl (C=O) groups excluding carboxylic acids is 3. The Labute approximate surface area is 169 Å². The predicted octanol–water partition coefficient (Wildman–Crippen LogP) is 3.02. The van der Waals surface area contributed by atoms with Gasteiger partial charge in [-0.25, -0.2) is 4.79 Å². The first-order chi connectivity index (χ1) is 13.8. The van der Waals surface area contributed by atoms with Gasteiger partial charge in [-0.15, -0.1) is 0 Å². The van der Waals surface area contributed by atoms with E-state index in [0.717, 1.165) is 20.9 Å². The van der Waals surface area contributed by atoms with Gasteiger partial charge in [0.2, 0.25) is 0 Å². The minimum atomic E-state index is -0.658. The molecule has 0 radical (unpaired) electrons. The van der Waals surface area contributed by atoms with E-state index in [1.807, 2.05) is 31.2 Å². The number of nitrogens with zero attached hydrogens (tertiary/aromatic N) is 2. The van der Waals surface area contributed by atoms with Gasteiger partial charge in [0.25, 0.3) is 11.8 Å². The summed E-state index contributed by atoms with van der Waals surface area (Å²) in [5.41, 5.74) is 2.67. The van der Waals surface area contributed by atoms with Crippen molar-refractivity contribution in [1.82, 2.24) is 9.80 Å². The lowest BCUT2D eigenvalue weighted by molar-refractivity contribution is -0.134. The van der Waals surface area contributed by atoms with E-state index in [4.69, 9.17) is 9.47 Å². The maximum atomic E-state index is 12.3. The fraction of sp³-hybridized carbons (Fsp3) is 0.227. The summed E-state index contributed by atoms with van der Waals surface area (Å²) in [4.78, 5) is 38.3. The Hall–Kier alpha value is -3.61. The molecule has 0 unspecified atom stereocenters. The molecular formula is C22H22N2O5. The zero-order valence-electron chi connectivity index (χ0n) is 16.8. The van der Waals surface area contributed by atoms with Crippen LogP contribution < -0.4 is 9.47 Å². The predicted molar refractivity (Wildman–Crippen MR) is 107 cm³/mol. The molecule has 3 rings (SSSR count). The van der Waals surface area contributed by atoms with E-state index < -0.39 is 17.8 Å². The number of hydrogen-bond donors (Lipinski definition) is 0. The molecule has 1 saturated heterocycles. The van der Waals surface area contributed by atoms with Crippen LogP contribution in [0, 0.1) is 6.92 Å². The second-order valence-electron chi connectivity index (χ2n) is 6.76. The van der Waals surface area contributed by atoms with Gasteiger partial charge in [-0.3, -0.25) is 19.4 Å². The van der Waals surface area contributed by atoms with Crippen LogP contribution in [0.1, 0.15) is 16.7 Å². The molecule has 150 valence electrons. The minimum Gasteiger partial charge on any atom is -0.493 e. The molecule has 2 aromatic carbocycles. The molecular weight excluding hydrogens is 372 g/mol. The Kier molecular flexibility index (Phi) is 5.68. The Morgan fingerprint density at radius 1 is 0.931 bits per heavy atom. The number of imide groups is 2. The lowest BCUT2D eigenvalue weighted by Gasteiger charge is -2.28. The summed E-state index contributed by atoms with van der Waals surface area (Å²) in [7, 11) is 4.19. The van der Waals surface area contributed by atoms with Crippen molar-refractivity contribution >= 4 is 23.9 Å². The first-order valence-electron chi connectivity index (χ1n) is 9.00. The maximum absolute atomic E-state index is 12.3. The van der Waals surface area contributed by atoms with Gasteiger partial charge in [0.15, 0.2) is 11.5 Å². The van der Waals surface area contributed by atoms with E-state index in [0.29, 0.717) is 23.7 Å². The van der Waals surface area contributed by atoms with Crippen molar-refractivity contribution in [3.8, 4) is 11.5 Å². The van der Waals surface area contributed by atoms with Gasteiger partial charge in [0, 0.05) is 14.1 Å². The topological polar surface area (TPSA) is 76.2 Å². The number of ether oxygens (including phenoxy) is 2. The molecule has 0 aromatic heterocycles. The van der Waals surface area contributed by atoms with E-state index in [9.17, 15) is 14.4 Å². The summed E-state index contributed by atoms with van der Waals surface area (Å²) in [6.45, 7) is 2.40. The summed E-state index contributed by atoms with van der Waals surface area (Å²) >= 11 is 0. The first-order valence-corrected chi connectivity index (χ1v) is 9.00. The lowest BCUT2D eigenvalue weighted by Crippen LogP contribution is -2.52. The highest BCUT2D eigenvalue weighted by Crippen LogP contribution is 2.30. The molecule has 29 heavy (non-hydrogen) atoms. The Balaban J connectivity index is 1.84. The van der Waals surface area contributed by atoms with Crippen LogP contribution in [0.4, 0.5) is 4.79 Å². The number of methoxy groups -OCH3 is 1. The van der Waals surface area contributed by atoms with Gasteiger partial charge in [-0.2, -0.15) is 0 Å². The molecule has 1 aliphatic heterocycles. The van der Waals surface area contributed by atoms with Crippen molar-refractivity contribution in [1.29, 1.82) is 0 Å². The fourth-order valence-corrected chi connectivity index (χ4v) is 3.00. The van der Waals surface area contributed by atoms with E-state index in [-0.39, 0.29) is 5.57 Å². The minimum absolute atomic E-state index is 0.0925. The van der Waals surface area contributed by atoms with Crippen LogP contribution in [0.5, 0.6) is 11.5 Å². The van der Waals surface area contributed by atoms with Crippen molar-refractivity contribution in [3.63, 3.8) is 0 Å². The fourth-order valence-electron chi connectivity index (χ4n) is 3.00. The Morgan fingerprint density at radius 2 is 1.62 bits per heavy atom. The standard InChI is InChI=1S/C22H22N2O5/c1-14-6-5-7-16(10-14)13-29-18-9-8-15(12-19(18)28-4)11-17-20(25)23(2)22(27)24(3)21(17)26/h5-12H,13H2,1-4H3. The van der Waals surface area contributed by atoms with E-state index in [2.05, 4.69) is 0 Å². The third-order valence-electron chi connectivity index (χ3n) is 4.62. The zero-order valence-corrected chi connectivity index (χ0v) is 16.8. The maximum Gasteiger partial charge on any atom is 0.333 e. The number of carbonyl (C=O) groups is 3. The molecule has 0 saturated carbocycles. The number of benzene rings is 2. The molecule has 0 atom stereocenters. The Bertz CT molecular complexity index is 986. The van der Waals surface area contributed by atoms with Crippen LogP contribution in [0.25, 0.3) is 6.08 Å².